The second-order valence-corrected chi connectivity index (χ2v) is 8.55. The molecule has 4 aliphatic rings. The molecule has 136 valence electrons. The van der Waals surface area contributed by atoms with Crippen molar-refractivity contribution in [3.8, 4) is 0 Å². The van der Waals surface area contributed by atoms with Gasteiger partial charge in [0.15, 0.2) is 18.0 Å². The van der Waals surface area contributed by atoms with Crippen LogP contribution in [0.4, 0.5) is 0 Å². The second kappa shape index (κ2) is 5.63. The fraction of sp³-hybridized carbons (Fsp3) is 0.600. The van der Waals surface area contributed by atoms with E-state index in [1.807, 2.05) is 0 Å². The van der Waals surface area contributed by atoms with Gasteiger partial charge in [-0.2, -0.15) is 5.10 Å². The average molecular weight is 353 g/mol. The lowest BCUT2D eigenvalue weighted by molar-refractivity contribution is -0.147. The zero-order valence-electron chi connectivity index (χ0n) is 15.0. The lowest BCUT2D eigenvalue weighted by Crippen LogP contribution is -2.51. The van der Waals surface area contributed by atoms with Gasteiger partial charge >= 0.3 is 5.97 Å². The third-order valence-electron chi connectivity index (χ3n) is 6.74. The number of fused-ring (bicyclic) bond motifs is 1. The highest BCUT2D eigenvalue weighted by molar-refractivity contribution is 5.98. The van der Waals surface area contributed by atoms with Crippen molar-refractivity contribution in [1.82, 2.24) is 14.6 Å². The van der Waals surface area contributed by atoms with Gasteiger partial charge in [0.25, 0.3) is 0 Å². The Morgan fingerprint density at radius 3 is 2.50 bits per heavy atom. The van der Waals surface area contributed by atoms with E-state index < -0.39 is 5.97 Å². The Labute approximate surface area is 151 Å². The lowest BCUT2D eigenvalue weighted by atomic mass is 9.48. The second-order valence-electron chi connectivity index (χ2n) is 8.55. The maximum absolute atomic E-state index is 13.0. The normalized spacial score (nSPS) is 32.1. The topological polar surface area (TPSA) is 73.6 Å². The predicted molar refractivity (Wildman–Crippen MR) is 93.6 cm³/mol. The summed E-state index contributed by atoms with van der Waals surface area (Å²) in [5.74, 6) is 1.72. The predicted octanol–water partition coefficient (Wildman–Crippen LogP) is 2.98. The van der Waals surface area contributed by atoms with Crippen LogP contribution in [0.2, 0.25) is 0 Å². The van der Waals surface area contributed by atoms with Gasteiger partial charge in [0.1, 0.15) is 5.56 Å². The molecule has 0 radical (unpaired) electrons. The van der Waals surface area contributed by atoms with E-state index >= 15 is 0 Å². The molecular weight excluding hydrogens is 330 g/mol. The van der Waals surface area contributed by atoms with Crippen molar-refractivity contribution in [3.05, 3.63) is 29.7 Å². The molecular formula is C20H23N3O3. The number of carbonyl (C=O) groups is 2. The zero-order valence-corrected chi connectivity index (χ0v) is 15.0. The first kappa shape index (κ1) is 16.0. The summed E-state index contributed by atoms with van der Waals surface area (Å²) in [6, 6.07) is 1.76. The largest absolute Gasteiger partial charge is 0.454 e. The van der Waals surface area contributed by atoms with Crippen molar-refractivity contribution in [2.45, 2.75) is 45.4 Å². The van der Waals surface area contributed by atoms with Crippen LogP contribution in [0.5, 0.6) is 0 Å². The number of carbonyl (C=O) groups excluding carboxylic acids is 2. The molecule has 0 aliphatic heterocycles. The Bertz CT molecular complexity index is 866. The number of nitrogens with zero attached hydrogens (tertiary/aromatic N) is 3. The molecule has 0 N–H and O–H groups in total. The molecule has 6 nitrogen and oxygen atoms in total. The summed E-state index contributed by atoms with van der Waals surface area (Å²) in [6.07, 6.45) is 10.2. The number of ketones is 1. The van der Waals surface area contributed by atoms with E-state index in [0.717, 1.165) is 19.3 Å². The van der Waals surface area contributed by atoms with Crippen LogP contribution >= 0.6 is 0 Å². The summed E-state index contributed by atoms with van der Waals surface area (Å²) in [7, 11) is 0. The third kappa shape index (κ3) is 2.38. The molecule has 4 saturated carbocycles. The van der Waals surface area contributed by atoms with Gasteiger partial charge in [-0.05, 0) is 69.3 Å². The third-order valence-corrected chi connectivity index (χ3v) is 6.74. The van der Waals surface area contributed by atoms with Crippen LogP contribution in [0.3, 0.4) is 0 Å². The van der Waals surface area contributed by atoms with Crippen molar-refractivity contribution in [2.24, 2.45) is 23.2 Å². The fourth-order valence-corrected chi connectivity index (χ4v) is 6.04. The van der Waals surface area contributed by atoms with E-state index in [4.69, 9.17) is 4.74 Å². The molecule has 4 aliphatic carbocycles. The van der Waals surface area contributed by atoms with Gasteiger partial charge in [-0.3, -0.25) is 4.79 Å². The van der Waals surface area contributed by atoms with Crippen LogP contribution in [0.25, 0.3) is 5.65 Å². The molecule has 2 aromatic heterocycles. The monoisotopic (exact) mass is 353 g/mol. The first-order valence-electron chi connectivity index (χ1n) is 9.54. The Morgan fingerprint density at radius 2 is 1.85 bits per heavy atom. The number of aryl methyl sites for hydroxylation is 1. The number of ether oxygens (including phenoxy) is 1. The Hall–Kier alpha value is -2.24. The number of aromatic nitrogens is 3. The van der Waals surface area contributed by atoms with E-state index in [2.05, 4.69) is 10.1 Å². The molecule has 6 rings (SSSR count). The van der Waals surface area contributed by atoms with Crippen LogP contribution in [0.15, 0.2) is 18.5 Å². The highest BCUT2D eigenvalue weighted by Gasteiger charge is 2.54. The molecule has 4 bridgehead atoms. The molecule has 4 fully saturated rings. The van der Waals surface area contributed by atoms with Gasteiger partial charge in [0.2, 0.25) is 0 Å². The minimum absolute atomic E-state index is 0.118. The van der Waals surface area contributed by atoms with Crippen molar-refractivity contribution < 1.29 is 14.3 Å². The first-order chi connectivity index (χ1) is 12.5. The minimum Gasteiger partial charge on any atom is -0.454 e. The average Bonchev–Trinajstić information content (AvgIpc) is 2.94. The number of rotatable bonds is 4. The van der Waals surface area contributed by atoms with Gasteiger partial charge in [0.05, 0.1) is 5.69 Å². The molecule has 6 heteroatoms. The summed E-state index contributed by atoms with van der Waals surface area (Å²) in [6.45, 7) is 1.63. The van der Waals surface area contributed by atoms with Gasteiger partial charge in [-0.1, -0.05) is 0 Å². The number of hydrogen-bond acceptors (Lipinski definition) is 5. The van der Waals surface area contributed by atoms with Crippen LogP contribution in [0.1, 0.15) is 54.6 Å². The summed E-state index contributed by atoms with van der Waals surface area (Å²) < 4.78 is 7.01. The minimum atomic E-state index is -0.505. The maximum atomic E-state index is 13.0. The van der Waals surface area contributed by atoms with Crippen LogP contribution in [-0.4, -0.2) is 33.0 Å². The number of esters is 1. The maximum Gasteiger partial charge on any atom is 0.344 e. The fourth-order valence-electron chi connectivity index (χ4n) is 6.04. The Balaban J connectivity index is 1.32. The number of Topliss-reactive ketones (excluding diaryl/α,β-unsaturated/α-hetero) is 1. The molecule has 0 aromatic carbocycles. The van der Waals surface area contributed by atoms with Crippen LogP contribution in [-0.2, 0) is 9.53 Å². The highest BCUT2D eigenvalue weighted by Crippen LogP contribution is 2.60. The van der Waals surface area contributed by atoms with E-state index in [-0.39, 0.29) is 17.8 Å². The van der Waals surface area contributed by atoms with Crippen molar-refractivity contribution >= 4 is 17.4 Å². The zero-order chi connectivity index (χ0) is 17.9. The quantitative estimate of drug-likeness (QED) is 0.790. The Kier molecular flexibility index (Phi) is 3.46. The van der Waals surface area contributed by atoms with Crippen molar-refractivity contribution in [1.29, 1.82) is 0 Å². The van der Waals surface area contributed by atoms with Crippen molar-refractivity contribution in [3.63, 3.8) is 0 Å². The van der Waals surface area contributed by atoms with E-state index in [1.54, 1.807) is 29.9 Å². The summed E-state index contributed by atoms with van der Waals surface area (Å²) >= 11 is 0. The van der Waals surface area contributed by atoms with Crippen LogP contribution < -0.4 is 0 Å². The van der Waals surface area contributed by atoms with E-state index in [1.165, 1.54) is 19.3 Å². The molecule has 0 spiro atoms. The molecule has 2 aromatic rings. The SMILES string of the molecule is Cc1nn2cccnc2c1C(=O)OCC(=O)C12CC3CC(CC(C3)C1)C2. The summed E-state index contributed by atoms with van der Waals surface area (Å²) in [4.78, 5) is 29.8. The molecule has 0 atom stereocenters. The van der Waals surface area contributed by atoms with Gasteiger partial charge in [0, 0.05) is 17.8 Å². The molecule has 0 unspecified atom stereocenters. The molecule has 2 heterocycles. The Morgan fingerprint density at radius 1 is 1.19 bits per heavy atom. The smallest absolute Gasteiger partial charge is 0.344 e. The van der Waals surface area contributed by atoms with Gasteiger partial charge in [-0.15, -0.1) is 0 Å². The van der Waals surface area contributed by atoms with Crippen molar-refractivity contribution in [2.75, 3.05) is 6.61 Å². The van der Waals surface area contributed by atoms with E-state index in [0.29, 0.717) is 34.7 Å². The summed E-state index contributed by atoms with van der Waals surface area (Å²) in [5, 5.41) is 4.28. The molecule has 0 amide bonds. The molecule has 0 saturated heterocycles. The van der Waals surface area contributed by atoms with Gasteiger partial charge in [-0.25, -0.2) is 14.3 Å². The lowest BCUT2D eigenvalue weighted by Gasteiger charge is -2.55. The summed E-state index contributed by atoms with van der Waals surface area (Å²) in [5.41, 5.74) is 1.15. The standard InChI is InChI=1S/C20H23N3O3/c1-12-17(18-21-3-2-4-23(18)22-12)19(25)26-11-16(24)20-8-13-5-14(9-20)7-15(6-13)10-20/h2-4,13-15H,5-11H2,1H3. The highest BCUT2D eigenvalue weighted by atomic mass is 16.5. The first-order valence-corrected chi connectivity index (χ1v) is 9.54. The van der Waals surface area contributed by atoms with Gasteiger partial charge < -0.3 is 4.74 Å². The molecule has 26 heavy (non-hydrogen) atoms. The number of hydrogen-bond donors (Lipinski definition) is 0. The van der Waals surface area contributed by atoms with E-state index in [9.17, 15) is 9.59 Å². The van der Waals surface area contributed by atoms with Crippen LogP contribution in [0, 0.1) is 30.1 Å².